The number of hydrogen-bond donors (Lipinski definition) is 2. The Hall–Kier alpha value is -2.08. The number of halogens is 1. The average Bonchev–Trinajstić information content (AvgIpc) is 2.94. The smallest absolute Gasteiger partial charge is 0.319 e. The zero-order valence-corrected chi connectivity index (χ0v) is 13.9. The molecule has 2 heterocycles. The number of aromatic nitrogens is 3. The lowest BCUT2D eigenvalue weighted by Gasteiger charge is -2.14. The molecule has 1 aliphatic heterocycles. The summed E-state index contributed by atoms with van der Waals surface area (Å²) >= 11 is 6.05. The first-order valence-electron chi connectivity index (χ1n) is 7.85. The largest absolute Gasteiger partial charge is 0.337 e. The molecule has 6 nitrogen and oxygen atoms in total. The van der Waals surface area contributed by atoms with Crippen molar-refractivity contribution in [3.63, 3.8) is 0 Å². The summed E-state index contributed by atoms with van der Waals surface area (Å²) in [4.78, 5) is 11.9. The van der Waals surface area contributed by atoms with Crippen LogP contribution in [0.3, 0.4) is 0 Å². The quantitative estimate of drug-likeness (QED) is 0.903. The van der Waals surface area contributed by atoms with Crippen LogP contribution in [0.5, 0.6) is 0 Å². The number of carbonyl (C=O) groups excluding carboxylic acids is 1. The molecule has 2 amide bonds. The highest BCUT2D eigenvalue weighted by atomic mass is 35.5. The third-order valence-corrected chi connectivity index (χ3v) is 4.41. The third kappa shape index (κ3) is 3.82. The predicted molar refractivity (Wildman–Crippen MR) is 89.9 cm³/mol. The van der Waals surface area contributed by atoms with Gasteiger partial charge in [-0.1, -0.05) is 17.7 Å². The number of urea groups is 1. The van der Waals surface area contributed by atoms with Crippen LogP contribution in [0.2, 0.25) is 5.02 Å². The van der Waals surface area contributed by atoms with E-state index in [9.17, 15) is 4.79 Å². The van der Waals surface area contributed by atoms with Crippen LogP contribution in [0.25, 0.3) is 0 Å². The summed E-state index contributed by atoms with van der Waals surface area (Å²) in [6.45, 7) is 3.42. The first kappa shape index (κ1) is 15.8. The summed E-state index contributed by atoms with van der Waals surface area (Å²) in [6.07, 6.45) is 4.02. The summed E-state index contributed by atoms with van der Waals surface area (Å²) in [7, 11) is 0. The molecule has 1 aromatic heterocycles. The van der Waals surface area contributed by atoms with Gasteiger partial charge in [0.05, 0.1) is 0 Å². The topological polar surface area (TPSA) is 71.8 Å². The maximum Gasteiger partial charge on any atom is 0.319 e. The van der Waals surface area contributed by atoms with Crippen LogP contribution in [0.4, 0.5) is 10.5 Å². The zero-order valence-electron chi connectivity index (χ0n) is 13.1. The first-order valence-corrected chi connectivity index (χ1v) is 8.23. The number of fused-ring (bicyclic) bond motifs is 1. The molecule has 0 atom stereocenters. The summed E-state index contributed by atoms with van der Waals surface area (Å²) < 4.78 is 2.17. The van der Waals surface area contributed by atoms with Gasteiger partial charge in [-0.25, -0.2) is 4.79 Å². The predicted octanol–water partition coefficient (Wildman–Crippen LogP) is 2.94. The van der Waals surface area contributed by atoms with Crippen molar-refractivity contribution in [1.82, 2.24) is 20.1 Å². The minimum Gasteiger partial charge on any atom is -0.337 e. The normalized spacial score (nSPS) is 13.5. The van der Waals surface area contributed by atoms with Crippen molar-refractivity contribution < 1.29 is 4.79 Å². The molecule has 0 saturated heterocycles. The van der Waals surface area contributed by atoms with E-state index in [1.807, 2.05) is 19.1 Å². The monoisotopic (exact) mass is 333 g/mol. The minimum atomic E-state index is -0.247. The van der Waals surface area contributed by atoms with E-state index in [-0.39, 0.29) is 6.03 Å². The summed E-state index contributed by atoms with van der Waals surface area (Å²) in [5.41, 5.74) is 1.66. The molecule has 3 rings (SSSR count). The lowest BCUT2D eigenvalue weighted by atomic mass is 10.1. The van der Waals surface area contributed by atoms with Gasteiger partial charge < -0.3 is 15.2 Å². The Morgan fingerprint density at radius 3 is 3.04 bits per heavy atom. The van der Waals surface area contributed by atoms with Gasteiger partial charge in [0.2, 0.25) is 0 Å². The Balaban J connectivity index is 1.49. The molecule has 2 aromatic rings. The number of nitrogens with zero attached hydrogens (tertiary/aromatic N) is 3. The summed E-state index contributed by atoms with van der Waals surface area (Å²) in [5.74, 6) is 2.00. The SMILES string of the molecule is Cc1ccc(NC(=O)NCCc2nnc3n2CCCC3)cc1Cl. The Morgan fingerprint density at radius 1 is 1.35 bits per heavy atom. The van der Waals surface area contributed by atoms with Gasteiger partial charge in [0, 0.05) is 36.6 Å². The summed E-state index contributed by atoms with van der Waals surface area (Å²) in [6, 6.07) is 5.20. The number of benzene rings is 1. The van der Waals surface area contributed by atoms with E-state index in [0.29, 0.717) is 23.7 Å². The minimum absolute atomic E-state index is 0.247. The molecule has 0 aliphatic carbocycles. The van der Waals surface area contributed by atoms with Crippen molar-refractivity contribution in [3.8, 4) is 0 Å². The maximum atomic E-state index is 11.9. The highest BCUT2D eigenvalue weighted by molar-refractivity contribution is 6.31. The van der Waals surface area contributed by atoms with Crippen molar-refractivity contribution in [1.29, 1.82) is 0 Å². The van der Waals surface area contributed by atoms with Crippen LogP contribution in [0.15, 0.2) is 18.2 Å². The molecule has 122 valence electrons. The van der Waals surface area contributed by atoms with Crippen molar-refractivity contribution in [2.75, 3.05) is 11.9 Å². The molecule has 0 fully saturated rings. The number of carbonyl (C=O) groups is 1. The molecule has 7 heteroatoms. The van der Waals surface area contributed by atoms with E-state index < -0.39 is 0 Å². The first-order chi connectivity index (χ1) is 11.1. The van der Waals surface area contributed by atoms with Crippen molar-refractivity contribution in [2.45, 2.75) is 39.2 Å². The van der Waals surface area contributed by atoms with Gasteiger partial charge in [0.15, 0.2) is 0 Å². The van der Waals surface area contributed by atoms with Gasteiger partial charge in [-0.05, 0) is 37.5 Å². The number of anilines is 1. The van der Waals surface area contributed by atoms with Gasteiger partial charge >= 0.3 is 6.03 Å². The molecule has 0 bridgehead atoms. The summed E-state index contributed by atoms with van der Waals surface area (Å²) in [5, 5.41) is 14.7. The Labute approximate surface area is 140 Å². The van der Waals surface area contributed by atoms with E-state index in [1.54, 1.807) is 6.07 Å². The second-order valence-electron chi connectivity index (χ2n) is 5.74. The second-order valence-corrected chi connectivity index (χ2v) is 6.14. The second kappa shape index (κ2) is 7.00. The number of hydrogen-bond acceptors (Lipinski definition) is 3. The lowest BCUT2D eigenvalue weighted by Crippen LogP contribution is -2.31. The van der Waals surface area contributed by atoms with Crippen LogP contribution in [0.1, 0.15) is 30.1 Å². The fourth-order valence-electron chi connectivity index (χ4n) is 2.69. The molecule has 1 aliphatic rings. The Bertz CT molecular complexity index is 712. The van der Waals surface area contributed by atoms with Gasteiger partial charge in [-0.15, -0.1) is 10.2 Å². The molecule has 1 aromatic carbocycles. The highest BCUT2D eigenvalue weighted by Crippen LogP contribution is 2.19. The Morgan fingerprint density at radius 2 is 2.22 bits per heavy atom. The van der Waals surface area contributed by atoms with Crippen LogP contribution >= 0.6 is 11.6 Å². The van der Waals surface area contributed by atoms with Crippen molar-refractivity contribution >= 4 is 23.3 Å². The fraction of sp³-hybridized carbons (Fsp3) is 0.438. The lowest BCUT2D eigenvalue weighted by molar-refractivity contribution is 0.252. The van der Waals surface area contributed by atoms with E-state index in [1.165, 1.54) is 12.8 Å². The van der Waals surface area contributed by atoms with Crippen LogP contribution in [0, 0.1) is 6.92 Å². The van der Waals surface area contributed by atoms with Gasteiger partial charge in [0.1, 0.15) is 11.6 Å². The molecule has 0 spiro atoms. The highest BCUT2D eigenvalue weighted by Gasteiger charge is 2.15. The van der Waals surface area contributed by atoms with E-state index in [2.05, 4.69) is 25.4 Å². The molecule has 0 unspecified atom stereocenters. The van der Waals surface area contributed by atoms with Gasteiger partial charge in [-0.3, -0.25) is 0 Å². The Kier molecular flexibility index (Phi) is 4.81. The number of rotatable bonds is 4. The van der Waals surface area contributed by atoms with E-state index >= 15 is 0 Å². The van der Waals surface area contributed by atoms with Crippen LogP contribution < -0.4 is 10.6 Å². The van der Waals surface area contributed by atoms with Crippen molar-refractivity contribution in [3.05, 3.63) is 40.4 Å². The molecule has 0 radical (unpaired) electrons. The van der Waals surface area contributed by atoms with Gasteiger partial charge in [0.25, 0.3) is 0 Å². The molecular weight excluding hydrogens is 314 g/mol. The fourth-order valence-corrected chi connectivity index (χ4v) is 2.87. The molecule has 2 N–H and O–H groups in total. The number of nitrogens with one attached hydrogen (secondary N) is 2. The van der Waals surface area contributed by atoms with Crippen LogP contribution in [-0.2, 0) is 19.4 Å². The van der Waals surface area contributed by atoms with E-state index in [4.69, 9.17) is 11.6 Å². The van der Waals surface area contributed by atoms with Crippen molar-refractivity contribution in [2.24, 2.45) is 0 Å². The average molecular weight is 334 g/mol. The van der Waals surface area contributed by atoms with E-state index in [0.717, 1.165) is 30.2 Å². The van der Waals surface area contributed by atoms with Gasteiger partial charge in [-0.2, -0.15) is 0 Å². The zero-order chi connectivity index (χ0) is 16.2. The van der Waals surface area contributed by atoms with Crippen LogP contribution in [-0.4, -0.2) is 27.3 Å². The maximum absolute atomic E-state index is 11.9. The molecule has 0 saturated carbocycles. The number of aryl methyl sites for hydroxylation is 2. The standard InChI is InChI=1S/C16H20ClN5O/c1-11-5-6-12(10-13(11)17)19-16(23)18-8-7-15-21-20-14-4-2-3-9-22(14)15/h5-6,10H,2-4,7-9H2,1H3,(H2,18,19,23). The third-order valence-electron chi connectivity index (χ3n) is 4.00. The molecule has 23 heavy (non-hydrogen) atoms. The molecular formula is C16H20ClN5O. The number of amides is 2.